The quantitative estimate of drug-likeness (QED) is 0.364. The van der Waals surface area contributed by atoms with Crippen LogP contribution in [0.25, 0.3) is 6.08 Å². The van der Waals surface area contributed by atoms with Crippen molar-refractivity contribution in [1.29, 1.82) is 0 Å². The average Bonchev–Trinajstić information content (AvgIpc) is 2.53. The van der Waals surface area contributed by atoms with Crippen molar-refractivity contribution >= 4 is 17.5 Å². The molecule has 0 aliphatic rings. The zero-order valence-corrected chi connectivity index (χ0v) is 12.3. The van der Waals surface area contributed by atoms with Gasteiger partial charge in [-0.3, -0.25) is 14.9 Å². The largest absolute Gasteiger partial charge is 0.496 e. The fourth-order valence-corrected chi connectivity index (χ4v) is 1.98. The summed E-state index contributed by atoms with van der Waals surface area (Å²) in [5, 5.41) is 10.6. The number of rotatable bonds is 5. The summed E-state index contributed by atoms with van der Waals surface area (Å²) >= 11 is 0. The third-order valence-electron chi connectivity index (χ3n) is 3.15. The lowest BCUT2D eigenvalue weighted by atomic mass is 10.1. The molecule has 22 heavy (non-hydrogen) atoms. The highest BCUT2D eigenvalue weighted by Gasteiger charge is 2.09. The van der Waals surface area contributed by atoms with Gasteiger partial charge in [0.1, 0.15) is 5.75 Å². The van der Waals surface area contributed by atoms with Crippen molar-refractivity contribution in [1.82, 2.24) is 0 Å². The van der Waals surface area contributed by atoms with Crippen molar-refractivity contribution in [2.75, 3.05) is 7.11 Å². The fraction of sp³-hybridized carbons (Fsp3) is 0.118. The number of methoxy groups -OCH3 is 1. The minimum atomic E-state index is -0.462. The van der Waals surface area contributed by atoms with Crippen molar-refractivity contribution in [3.05, 3.63) is 75.3 Å². The fourth-order valence-electron chi connectivity index (χ4n) is 1.98. The van der Waals surface area contributed by atoms with E-state index in [0.29, 0.717) is 16.9 Å². The number of allylic oxidation sites excluding steroid dienone is 1. The summed E-state index contributed by atoms with van der Waals surface area (Å²) < 4.78 is 5.19. The Morgan fingerprint density at radius 2 is 1.86 bits per heavy atom. The monoisotopic (exact) mass is 297 g/mol. The molecule has 0 fully saturated rings. The number of ketones is 1. The molecule has 0 spiro atoms. The van der Waals surface area contributed by atoms with Gasteiger partial charge in [-0.2, -0.15) is 0 Å². The molecule has 2 rings (SSSR count). The summed E-state index contributed by atoms with van der Waals surface area (Å²) in [5.74, 6) is 0.336. The van der Waals surface area contributed by atoms with Gasteiger partial charge in [-0.1, -0.05) is 17.7 Å². The summed E-state index contributed by atoms with van der Waals surface area (Å²) in [4.78, 5) is 22.4. The Balaban J connectivity index is 2.21. The van der Waals surface area contributed by atoms with Gasteiger partial charge in [-0.05, 0) is 42.8 Å². The van der Waals surface area contributed by atoms with Crippen molar-refractivity contribution in [3.8, 4) is 5.75 Å². The van der Waals surface area contributed by atoms with Gasteiger partial charge >= 0.3 is 0 Å². The molecule has 0 aliphatic carbocycles. The number of non-ortho nitro benzene ring substituents is 1. The van der Waals surface area contributed by atoms with Crippen LogP contribution in [0.5, 0.6) is 5.75 Å². The molecule has 0 aromatic heterocycles. The predicted octanol–water partition coefficient (Wildman–Crippen LogP) is 3.81. The molecule has 0 atom stereocenters. The first-order chi connectivity index (χ1) is 10.5. The highest BCUT2D eigenvalue weighted by atomic mass is 16.6. The van der Waals surface area contributed by atoms with E-state index in [-0.39, 0.29) is 11.5 Å². The summed E-state index contributed by atoms with van der Waals surface area (Å²) in [6.07, 6.45) is 3.05. The van der Waals surface area contributed by atoms with E-state index in [1.165, 1.54) is 25.3 Å². The Morgan fingerprint density at radius 3 is 2.45 bits per heavy atom. The Labute approximate surface area is 128 Å². The van der Waals surface area contributed by atoms with Crippen LogP contribution in [-0.2, 0) is 0 Å². The molecule has 0 amide bonds. The lowest BCUT2D eigenvalue weighted by Crippen LogP contribution is -1.99. The van der Waals surface area contributed by atoms with Crippen LogP contribution in [-0.4, -0.2) is 17.8 Å². The predicted molar refractivity (Wildman–Crippen MR) is 84.2 cm³/mol. The van der Waals surface area contributed by atoms with E-state index in [9.17, 15) is 14.9 Å². The van der Waals surface area contributed by atoms with Gasteiger partial charge in [-0.15, -0.1) is 0 Å². The zero-order valence-electron chi connectivity index (χ0n) is 12.3. The number of aryl methyl sites for hydroxylation is 1. The number of carbonyl (C=O) groups is 1. The molecule has 0 unspecified atom stereocenters. The highest BCUT2D eigenvalue weighted by molar-refractivity contribution is 6.08. The van der Waals surface area contributed by atoms with Crippen molar-refractivity contribution < 1.29 is 14.5 Å². The van der Waals surface area contributed by atoms with Crippen molar-refractivity contribution in [2.24, 2.45) is 0 Å². The molecule has 112 valence electrons. The summed E-state index contributed by atoms with van der Waals surface area (Å²) in [5.41, 5.74) is 2.18. The maximum Gasteiger partial charge on any atom is 0.269 e. The first-order valence-corrected chi connectivity index (χ1v) is 6.63. The molecule has 2 aromatic rings. The maximum atomic E-state index is 12.3. The highest BCUT2D eigenvalue weighted by Crippen LogP contribution is 2.21. The van der Waals surface area contributed by atoms with Gasteiger partial charge in [0.2, 0.25) is 0 Å². The van der Waals surface area contributed by atoms with Crippen molar-refractivity contribution in [3.63, 3.8) is 0 Å². The van der Waals surface area contributed by atoms with Gasteiger partial charge in [-0.25, -0.2) is 0 Å². The minimum Gasteiger partial charge on any atom is -0.496 e. The number of hydrogen-bond acceptors (Lipinski definition) is 4. The molecule has 5 nitrogen and oxygen atoms in total. The SMILES string of the molecule is COc1ccc(C)cc1C(=O)/C=C/c1ccc([N+](=O)[O-])cc1. The topological polar surface area (TPSA) is 69.4 Å². The van der Waals surface area contributed by atoms with E-state index in [0.717, 1.165) is 5.56 Å². The number of nitro groups is 1. The van der Waals surface area contributed by atoms with Gasteiger partial charge in [0.15, 0.2) is 5.78 Å². The molecule has 0 N–H and O–H groups in total. The van der Waals surface area contributed by atoms with Gasteiger partial charge in [0.05, 0.1) is 17.6 Å². The second-order valence-corrected chi connectivity index (χ2v) is 4.75. The minimum absolute atomic E-state index is 0.0174. The Bertz CT molecular complexity index is 733. The number of hydrogen-bond donors (Lipinski definition) is 0. The maximum absolute atomic E-state index is 12.3. The van der Waals surface area contributed by atoms with Crippen LogP contribution in [0.4, 0.5) is 5.69 Å². The molecule has 0 saturated carbocycles. The molecular weight excluding hydrogens is 282 g/mol. The molecule has 0 aliphatic heterocycles. The van der Waals surface area contributed by atoms with Crippen LogP contribution >= 0.6 is 0 Å². The third kappa shape index (κ3) is 3.58. The van der Waals surface area contributed by atoms with Crippen LogP contribution in [0.15, 0.2) is 48.5 Å². The van der Waals surface area contributed by atoms with E-state index in [1.54, 1.807) is 30.3 Å². The number of ether oxygens (including phenoxy) is 1. The molecule has 0 bridgehead atoms. The Morgan fingerprint density at radius 1 is 1.18 bits per heavy atom. The molecule has 0 heterocycles. The molecule has 0 radical (unpaired) electrons. The normalized spacial score (nSPS) is 10.6. The molecule has 0 saturated heterocycles. The number of carbonyl (C=O) groups excluding carboxylic acids is 1. The van der Waals surface area contributed by atoms with Crippen LogP contribution in [0, 0.1) is 17.0 Å². The average molecular weight is 297 g/mol. The third-order valence-corrected chi connectivity index (χ3v) is 3.15. The van der Waals surface area contributed by atoms with E-state index >= 15 is 0 Å². The molecule has 2 aromatic carbocycles. The lowest BCUT2D eigenvalue weighted by Gasteiger charge is -2.06. The van der Waals surface area contributed by atoms with Crippen LogP contribution in [0.1, 0.15) is 21.5 Å². The van der Waals surface area contributed by atoms with E-state index in [4.69, 9.17) is 4.74 Å². The van der Waals surface area contributed by atoms with E-state index < -0.39 is 4.92 Å². The number of benzene rings is 2. The Hall–Kier alpha value is -2.95. The van der Waals surface area contributed by atoms with Gasteiger partial charge < -0.3 is 4.74 Å². The van der Waals surface area contributed by atoms with Gasteiger partial charge in [0.25, 0.3) is 5.69 Å². The standard InChI is InChI=1S/C17H15NO4/c1-12-3-10-17(22-2)15(11-12)16(19)9-6-13-4-7-14(8-5-13)18(20)21/h3-11H,1-2H3/b9-6+. The Kier molecular flexibility index (Phi) is 4.68. The smallest absolute Gasteiger partial charge is 0.269 e. The number of nitrogens with zero attached hydrogens (tertiary/aromatic N) is 1. The van der Waals surface area contributed by atoms with E-state index in [2.05, 4.69) is 0 Å². The number of nitro benzene ring substituents is 1. The van der Waals surface area contributed by atoms with Gasteiger partial charge in [0, 0.05) is 12.1 Å². The second kappa shape index (κ2) is 6.67. The van der Waals surface area contributed by atoms with Crippen molar-refractivity contribution in [2.45, 2.75) is 6.92 Å². The first kappa shape index (κ1) is 15.4. The summed E-state index contributed by atoms with van der Waals surface area (Å²) in [7, 11) is 1.52. The summed E-state index contributed by atoms with van der Waals surface area (Å²) in [6.45, 7) is 1.90. The molecular formula is C17H15NO4. The molecule has 5 heteroatoms. The first-order valence-electron chi connectivity index (χ1n) is 6.63. The second-order valence-electron chi connectivity index (χ2n) is 4.75. The van der Waals surface area contributed by atoms with Crippen LogP contribution in [0.2, 0.25) is 0 Å². The lowest BCUT2D eigenvalue weighted by molar-refractivity contribution is -0.384. The van der Waals surface area contributed by atoms with E-state index in [1.807, 2.05) is 13.0 Å². The zero-order chi connectivity index (χ0) is 16.1. The van der Waals surface area contributed by atoms with Crippen LogP contribution in [0.3, 0.4) is 0 Å². The van der Waals surface area contributed by atoms with Crippen LogP contribution < -0.4 is 4.74 Å². The summed E-state index contributed by atoms with van der Waals surface area (Å²) in [6, 6.07) is 11.4.